The minimum atomic E-state index is -0.913. The minimum Gasteiger partial charge on any atom is -0.497 e. The summed E-state index contributed by atoms with van der Waals surface area (Å²) in [6.07, 6.45) is 2.72. The molecule has 1 aliphatic heterocycles. The number of nitrogens with one attached hydrogen (secondary N) is 1. The van der Waals surface area contributed by atoms with Crippen molar-refractivity contribution >= 4 is 27.4 Å². The lowest BCUT2D eigenvalue weighted by Crippen LogP contribution is -2.47. The monoisotopic (exact) mass is 498 g/mol. The van der Waals surface area contributed by atoms with Gasteiger partial charge in [-0.2, -0.15) is 0 Å². The summed E-state index contributed by atoms with van der Waals surface area (Å²) >= 11 is 3.46. The van der Waals surface area contributed by atoms with E-state index in [-0.39, 0.29) is 12.1 Å². The van der Waals surface area contributed by atoms with Crippen LogP contribution in [0.25, 0.3) is 0 Å². The van der Waals surface area contributed by atoms with Crippen LogP contribution in [0.2, 0.25) is 0 Å². The Morgan fingerprint density at radius 1 is 1.16 bits per heavy atom. The molecule has 0 atom stereocenters. The summed E-state index contributed by atoms with van der Waals surface area (Å²) in [7, 11) is 1.61. The van der Waals surface area contributed by atoms with E-state index in [9.17, 15) is 9.90 Å². The zero-order chi connectivity index (χ0) is 22.6. The van der Waals surface area contributed by atoms with Gasteiger partial charge in [0.25, 0.3) is 5.56 Å². The third-order valence-electron chi connectivity index (χ3n) is 5.79. The second-order valence-electron chi connectivity index (χ2n) is 8.22. The summed E-state index contributed by atoms with van der Waals surface area (Å²) in [6, 6.07) is 17.2. The maximum absolute atomic E-state index is 12.6. The summed E-state index contributed by atoms with van der Waals surface area (Å²) in [5, 5.41) is 14.2. The Bertz CT molecular complexity index is 1110. The molecule has 0 spiro atoms. The third-order valence-corrected chi connectivity index (χ3v) is 6.32. The van der Waals surface area contributed by atoms with Gasteiger partial charge in [0.15, 0.2) is 0 Å². The van der Waals surface area contributed by atoms with Crippen molar-refractivity contribution in [3.63, 3.8) is 0 Å². The van der Waals surface area contributed by atoms with Crippen LogP contribution in [0.1, 0.15) is 18.4 Å². The fourth-order valence-electron chi connectivity index (χ4n) is 3.91. The largest absolute Gasteiger partial charge is 0.497 e. The summed E-state index contributed by atoms with van der Waals surface area (Å²) in [5.41, 5.74) is 0.920. The minimum absolute atomic E-state index is 0.198. The van der Waals surface area contributed by atoms with Gasteiger partial charge < -0.3 is 15.2 Å². The second kappa shape index (κ2) is 9.85. The van der Waals surface area contributed by atoms with E-state index >= 15 is 0 Å². The molecule has 2 aromatic carbocycles. The standard InChI is InChI=1S/C24H27BrN4O3/c1-32-21-4-2-3-20(13-21)27-22-14-23(30)29(17-26-22)16-24(31)9-11-28(12-10-24)15-18-5-7-19(25)8-6-18/h2-8,13-14,17,27,31H,9-12,15-16H2,1H3. The first-order valence-corrected chi connectivity index (χ1v) is 11.4. The van der Waals surface area contributed by atoms with Gasteiger partial charge in [-0.05, 0) is 42.7 Å². The van der Waals surface area contributed by atoms with E-state index in [1.165, 1.54) is 22.5 Å². The molecule has 3 aromatic rings. The summed E-state index contributed by atoms with van der Waals surface area (Å²) in [4.78, 5) is 19.3. The quantitative estimate of drug-likeness (QED) is 0.515. The number of aromatic nitrogens is 2. The molecule has 1 fully saturated rings. The molecule has 0 amide bonds. The van der Waals surface area contributed by atoms with Crippen molar-refractivity contribution in [1.82, 2.24) is 14.5 Å². The molecule has 7 nitrogen and oxygen atoms in total. The van der Waals surface area contributed by atoms with E-state index in [4.69, 9.17) is 4.74 Å². The lowest BCUT2D eigenvalue weighted by Gasteiger charge is -2.38. The number of hydrogen-bond donors (Lipinski definition) is 2. The third kappa shape index (κ3) is 5.76. The fraction of sp³-hybridized carbons (Fsp3) is 0.333. The first-order valence-electron chi connectivity index (χ1n) is 10.6. The fourth-order valence-corrected chi connectivity index (χ4v) is 4.18. The lowest BCUT2D eigenvalue weighted by atomic mass is 9.91. The molecule has 0 aliphatic carbocycles. The molecule has 1 saturated heterocycles. The van der Waals surface area contributed by atoms with Crippen LogP contribution in [-0.2, 0) is 13.1 Å². The van der Waals surface area contributed by atoms with Gasteiger partial charge in [0.1, 0.15) is 11.6 Å². The molecule has 0 bridgehead atoms. The maximum atomic E-state index is 12.6. The van der Waals surface area contributed by atoms with Crippen LogP contribution >= 0.6 is 15.9 Å². The van der Waals surface area contributed by atoms with Crippen molar-refractivity contribution in [2.45, 2.75) is 31.5 Å². The van der Waals surface area contributed by atoms with Crippen molar-refractivity contribution in [3.8, 4) is 5.75 Å². The maximum Gasteiger partial charge on any atom is 0.255 e. The Kier molecular flexibility index (Phi) is 6.93. The molecule has 2 N–H and O–H groups in total. The number of hydrogen-bond acceptors (Lipinski definition) is 6. The van der Waals surface area contributed by atoms with Gasteiger partial charge in [0, 0.05) is 41.9 Å². The average Bonchev–Trinajstić information content (AvgIpc) is 2.79. The van der Waals surface area contributed by atoms with E-state index in [0.717, 1.165) is 35.5 Å². The molecule has 2 heterocycles. The van der Waals surface area contributed by atoms with Crippen LogP contribution in [0.5, 0.6) is 5.75 Å². The van der Waals surface area contributed by atoms with Gasteiger partial charge in [-0.3, -0.25) is 14.3 Å². The Morgan fingerprint density at radius 2 is 1.91 bits per heavy atom. The van der Waals surface area contributed by atoms with Crippen molar-refractivity contribution in [2.75, 3.05) is 25.5 Å². The smallest absolute Gasteiger partial charge is 0.255 e. The van der Waals surface area contributed by atoms with Crippen LogP contribution in [0.15, 0.2) is 70.2 Å². The number of nitrogens with zero attached hydrogens (tertiary/aromatic N) is 3. The molecule has 8 heteroatoms. The SMILES string of the molecule is COc1cccc(Nc2cc(=O)n(CC3(O)CCN(Cc4ccc(Br)cc4)CC3)cn2)c1. The summed E-state index contributed by atoms with van der Waals surface area (Å²) < 4.78 is 7.77. The number of methoxy groups -OCH3 is 1. The van der Waals surface area contributed by atoms with Crippen molar-refractivity contribution in [3.05, 3.63) is 81.3 Å². The molecule has 32 heavy (non-hydrogen) atoms. The number of rotatable bonds is 7. The van der Waals surface area contributed by atoms with Gasteiger partial charge in [0.2, 0.25) is 0 Å². The number of piperidine rings is 1. The van der Waals surface area contributed by atoms with Crippen LogP contribution in [0.4, 0.5) is 11.5 Å². The molecular weight excluding hydrogens is 472 g/mol. The second-order valence-corrected chi connectivity index (χ2v) is 9.14. The highest BCUT2D eigenvalue weighted by Gasteiger charge is 2.33. The molecule has 1 aliphatic rings. The van der Waals surface area contributed by atoms with Gasteiger partial charge >= 0.3 is 0 Å². The normalized spacial score (nSPS) is 16.0. The number of halogens is 1. The van der Waals surface area contributed by atoms with Crippen LogP contribution in [0, 0.1) is 0 Å². The number of aliphatic hydroxyl groups is 1. The average molecular weight is 499 g/mol. The molecule has 0 saturated carbocycles. The predicted molar refractivity (Wildman–Crippen MR) is 128 cm³/mol. The molecule has 4 rings (SSSR count). The van der Waals surface area contributed by atoms with Crippen LogP contribution in [-0.4, -0.2) is 45.4 Å². The molecule has 168 valence electrons. The summed E-state index contributed by atoms with van der Waals surface area (Å²) in [6.45, 7) is 2.66. The number of benzene rings is 2. The Morgan fingerprint density at radius 3 is 2.59 bits per heavy atom. The predicted octanol–water partition coefficient (Wildman–Crippen LogP) is 3.79. The Labute approximate surface area is 195 Å². The molecule has 0 unspecified atom stereocenters. The van der Waals surface area contributed by atoms with E-state index in [1.54, 1.807) is 7.11 Å². The number of anilines is 2. The van der Waals surface area contributed by atoms with E-state index in [0.29, 0.717) is 18.7 Å². The highest BCUT2D eigenvalue weighted by molar-refractivity contribution is 9.10. The zero-order valence-electron chi connectivity index (χ0n) is 18.0. The first kappa shape index (κ1) is 22.5. The van der Waals surface area contributed by atoms with Crippen LogP contribution in [0.3, 0.4) is 0 Å². The Balaban J connectivity index is 1.35. The van der Waals surface area contributed by atoms with Gasteiger partial charge in [-0.1, -0.05) is 34.1 Å². The summed E-state index contributed by atoms with van der Waals surface area (Å²) in [5.74, 6) is 1.17. The molecule has 1 aromatic heterocycles. The first-order chi connectivity index (χ1) is 15.4. The highest BCUT2D eigenvalue weighted by Crippen LogP contribution is 2.25. The van der Waals surface area contributed by atoms with E-state index < -0.39 is 5.60 Å². The molecule has 0 radical (unpaired) electrons. The Hall–Kier alpha value is -2.68. The zero-order valence-corrected chi connectivity index (χ0v) is 19.6. The number of ether oxygens (including phenoxy) is 1. The van der Waals surface area contributed by atoms with Crippen molar-refractivity contribution in [1.29, 1.82) is 0 Å². The topological polar surface area (TPSA) is 79.6 Å². The lowest BCUT2D eigenvalue weighted by molar-refractivity contribution is -0.0365. The van der Waals surface area contributed by atoms with Gasteiger partial charge in [-0.15, -0.1) is 0 Å². The van der Waals surface area contributed by atoms with Gasteiger partial charge in [0.05, 0.1) is 25.6 Å². The van der Waals surface area contributed by atoms with Crippen LogP contribution < -0.4 is 15.6 Å². The van der Waals surface area contributed by atoms with Crippen molar-refractivity contribution < 1.29 is 9.84 Å². The molecular formula is C24H27BrN4O3. The highest BCUT2D eigenvalue weighted by atomic mass is 79.9. The van der Waals surface area contributed by atoms with Crippen molar-refractivity contribution in [2.24, 2.45) is 0 Å². The number of likely N-dealkylation sites (tertiary alicyclic amines) is 1. The van der Waals surface area contributed by atoms with Gasteiger partial charge in [-0.25, -0.2) is 4.98 Å². The van der Waals surface area contributed by atoms with E-state index in [2.05, 4.69) is 43.3 Å². The van der Waals surface area contributed by atoms with E-state index in [1.807, 2.05) is 36.4 Å².